The number of esters is 1. The molecule has 4 fully saturated rings. The Morgan fingerprint density at radius 3 is 2.61 bits per heavy atom. The van der Waals surface area contributed by atoms with Crippen LogP contribution in [0.25, 0.3) is 0 Å². The second-order valence-corrected chi connectivity index (χ2v) is 12.3. The fraction of sp³-hybridized carbons (Fsp3) is 0.710. The van der Waals surface area contributed by atoms with E-state index < -0.39 is 12.2 Å². The molecule has 0 spiro atoms. The average molecular weight is 499 g/mol. The van der Waals surface area contributed by atoms with Gasteiger partial charge >= 0.3 is 5.97 Å². The summed E-state index contributed by atoms with van der Waals surface area (Å²) in [5.74, 6) is 1.21. The van der Waals surface area contributed by atoms with Gasteiger partial charge in [-0.2, -0.15) is 0 Å². The Morgan fingerprint density at radius 2 is 1.94 bits per heavy atom. The lowest BCUT2D eigenvalue weighted by molar-refractivity contribution is -0.140. The summed E-state index contributed by atoms with van der Waals surface area (Å²) in [5, 5.41) is 30.6. The summed E-state index contributed by atoms with van der Waals surface area (Å²) in [6.45, 7) is 15.0. The molecule has 0 aromatic heterocycles. The highest BCUT2D eigenvalue weighted by atomic mass is 16.6. The van der Waals surface area contributed by atoms with E-state index in [-0.39, 0.29) is 35.9 Å². The first-order valence-electron chi connectivity index (χ1n) is 14.0. The second-order valence-electron chi connectivity index (χ2n) is 12.3. The molecule has 9 atom stereocenters. The van der Waals surface area contributed by atoms with Crippen LogP contribution in [-0.2, 0) is 9.53 Å². The first-order chi connectivity index (χ1) is 17.1. The summed E-state index contributed by atoms with van der Waals surface area (Å²) in [4.78, 5) is 12.0. The van der Waals surface area contributed by atoms with E-state index in [0.29, 0.717) is 48.2 Å². The van der Waals surface area contributed by atoms with Crippen LogP contribution in [0, 0.1) is 35.0 Å². The van der Waals surface area contributed by atoms with Crippen molar-refractivity contribution < 1.29 is 24.9 Å². The molecule has 0 radical (unpaired) electrons. The summed E-state index contributed by atoms with van der Waals surface area (Å²) in [5.41, 5.74) is 3.98. The molecule has 0 aromatic carbocycles. The predicted octanol–water partition coefficient (Wildman–Crippen LogP) is 5.27. The van der Waals surface area contributed by atoms with Crippen molar-refractivity contribution in [2.75, 3.05) is 6.61 Å². The number of fused-ring (bicyclic) bond motifs is 1. The molecule has 4 aliphatic rings. The Hall–Kier alpha value is -1.69. The van der Waals surface area contributed by atoms with Crippen LogP contribution < -0.4 is 0 Å². The summed E-state index contributed by atoms with van der Waals surface area (Å²) in [6.07, 6.45) is 11.4. The van der Waals surface area contributed by atoms with Crippen LogP contribution in [0.2, 0.25) is 0 Å². The molecule has 200 valence electrons. The van der Waals surface area contributed by atoms with Gasteiger partial charge in [-0.15, -0.1) is 0 Å². The first-order valence-corrected chi connectivity index (χ1v) is 14.0. The molecule has 3 saturated carbocycles. The van der Waals surface area contributed by atoms with Crippen molar-refractivity contribution in [3.8, 4) is 0 Å². The predicted molar refractivity (Wildman–Crippen MR) is 142 cm³/mol. The SMILES string of the molecule is C=C1C(=O)O[C@H](C[C@@H](C)[C@H]2CC[C@H]3C(=CC=C4C[C@@H](O)[C@H](CCCO)[C@H](O)C4=C)CCC[C@]23C)[C@@H]1C. The summed E-state index contributed by atoms with van der Waals surface area (Å²) < 4.78 is 5.65. The van der Waals surface area contributed by atoms with Gasteiger partial charge in [0.05, 0.1) is 12.2 Å². The Bertz CT molecular complexity index is 931. The van der Waals surface area contributed by atoms with E-state index in [1.807, 2.05) is 0 Å². The fourth-order valence-electron chi connectivity index (χ4n) is 7.95. The zero-order valence-electron chi connectivity index (χ0n) is 22.4. The molecule has 1 saturated heterocycles. The normalized spacial score (nSPS) is 42.2. The number of aliphatic hydroxyl groups is 3. The van der Waals surface area contributed by atoms with Crippen LogP contribution in [0.5, 0.6) is 0 Å². The minimum atomic E-state index is -0.763. The summed E-state index contributed by atoms with van der Waals surface area (Å²) >= 11 is 0. The molecule has 5 nitrogen and oxygen atoms in total. The number of hydrogen-bond donors (Lipinski definition) is 3. The number of hydrogen-bond acceptors (Lipinski definition) is 5. The Kier molecular flexibility index (Phi) is 8.33. The van der Waals surface area contributed by atoms with Gasteiger partial charge in [0.1, 0.15) is 6.10 Å². The van der Waals surface area contributed by atoms with E-state index in [4.69, 9.17) is 9.84 Å². The van der Waals surface area contributed by atoms with Gasteiger partial charge in [0, 0.05) is 24.0 Å². The maximum atomic E-state index is 12.0. The number of rotatable bonds is 7. The molecular formula is C31H46O5. The molecule has 5 heteroatoms. The van der Waals surface area contributed by atoms with Crippen molar-refractivity contribution in [3.63, 3.8) is 0 Å². The van der Waals surface area contributed by atoms with Gasteiger partial charge in [-0.05, 0) is 92.1 Å². The molecule has 3 N–H and O–H groups in total. The maximum absolute atomic E-state index is 12.0. The fourth-order valence-corrected chi connectivity index (χ4v) is 7.95. The third-order valence-electron chi connectivity index (χ3n) is 10.2. The van der Waals surface area contributed by atoms with Gasteiger partial charge in [0.15, 0.2) is 0 Å². The van der Waals surface area contributed by atoms with Crippen LogP contribution in [0.3, 0.4) is 0 Å². The lowest BCUT2D eigenvalue weighted by Crippen LogP contribution is -2.38. The van der Waals surface area contributed by atoms with Crippen molar-refractivity contribution in [2.24, 2.45) is 35.0 Å². The number of ether oxygens (including phenoxy) is 1. The average Bonchev–Trinajstić information content (AvgIpc) is 3.32. The summed E-state index contributed by atoms with van der Waals surface area (Å²) in [7, 11) is 0. The lowest BCUT2D eigenvalue weighted by atomic mass is 9.60. The van der Waals surface area contributed by atoms with Crippen LogP contribution in [0.4, 0.5) is 0 Å². The highest BCUT2D eigenvalue weighted by molar-refractivity contribution is 5.90. The molecule has 0 aromatic rings. The van der Waals surface area contributed by atoms with Crippen molar-refractivity contribution >= 4 is 5.97 Å². The molecular weight excluding hydrogens is 452 g/mol. The van der Waals surface area contributed by atoms with Gasteiger partial charge in [0.2, 0.25) is 0 Å². The molecule has 1 aliphatic heterocycles. The van der Waals surface area contributed by atoms with E-state index in [0.717, 1.165) is 18.4 Å². The van der Waals surface area contributed by atoms with E-state index in [1.165, 1.54) is 31.3 Å². The van der Waals surface area contributed by atoms with Crippen molar-refractivity contribution in [1.82, 2.24) is 0 Å². The number of carbonyl (C=O) groups is 1. The van der Waals surface area contributed by atoms with E-state index >= 15 is 0 Å². The van der Waals surface area contributed by atoms with Gasteiger partial charge in [-0.25, -0.2) is 4.79 Å². The van der Waals surface area contributed by atoms with Gasteiger partial charge < -0.3 is 20.1 Å². The Morgan fingerprint density at radius 1 is 1.19 bits per heavy atom. The highest BCUT2D eigenvalue weighted by Gasteiger charge is 2.51. The Balaban J connectivity index is 1.46. The molecule has 0 unspecified atom stereocenters. The van der Waals surface area contributed by atoms with Crippen LogP contribution >= 0.6 is 0 Å². The van der Waals surface area contributed by atoms with Crippen molar-refractivity contribution in [1.29, 1.82) is 0 Å². The van der Waals surface area contributed by atoms with Gasteiger partial charge in [-0.3, -0.25) is 0 Å². The third kappa shape index (κ3) is 5.04. The number of carbonyl (C=O) groups excluding carboxylic acids is 1. The first kappa shape index (κ1) is 27.3. The zero-order chi connectivity index (χ0) is 26.2. The molecule has 3 aliphatic carbocycles. The lowest BCUT2D eigenvalue weighted by Gasteiger charge is -2.44. The highest BCUT2D eigenvalue weighted by Crippen LogP contribution is 2.60. The smallest absolute Gasteiger partial charge is 0.334 e. The van der Waals surface area contributed by atoms with Gasteiger partial charge in [0.25, 0.3) is 0 Å². The van der Waals surface area contributed by atoms with Crippen LogP contribution in [-0.4, -0.2) is 46.2 Å². The minimum absolute atomic E-state index is 0.0534. The number of cyclic esters (lactones) is 1. The zero-order valence-corrected chi connectivity index (χ0v) is 22.4. The van der Waals surface area contributed by atoms with E-state index in [1.54, 1.807) is 0 Å². The molecule has 4 rings (SSSR count). The van der Waals surface area contributed by atoms with Crippen LogP contribution in [0.1, 0.15) is 78.6 Å². The quantitative estimate of drug-likeness (QED) is 0.329. The largest absolute Gasteiger partial charge is 0.458 e. The van der Waals surface area contributed by atoms with Crippen LogP contribution in [0.15, 0.2) is 47.6 Å². The van der Waals surface area contributed by atoms with Crippen molar-refractivity contribution in [3.05, 3.63) is 47.6 Å². The third-order valence-corrected chi connectivity index (χ3v) is 10.2. The molecule has 1 heterocycles. The maximum Gasteiger partial charge on any atom is 0.334 e. The van der Waals surface area contributed by atoms with E-state index in [9.17, 15) is 15.0 Å². The Labute approximate surface area is 217 Å². The molecule has 36 heavy (non-hydrogen) atoms. The van der Waals surface area contributed by atoms with E-state index in [2.05, 4.69) is 46.1 Å². The number of allylic oxidation sites excluding steroid dienone is 3. The molecule has 0 bridgehead atoms. The number of aliphatic hydroxyl groups excluding tert-OH is 3. The summed E-state index contributed by atoms with van der Waals surface area (Å²) in [6, 6.07) is 0. The molecule has 0 amide bonds. The van der Waals surface area contributed by atoms with Crippen molar-refractivity contribution in [2.45, 2.75) is 96.9 Å². The monoisotopic (exact) mass is 498 g/mol. The topological polar surface area (TPSA) is 87.0 Å². The minimum Gasteiger partial charge on any atom is -0.458 e. The van der Waals surface area contributed by atoms with Gasteiger partial charge in [-0.1, -0.05) is 51.7 Å². The standard InChI is InChI=1S/C31H46O5/c1-18(16-28-19(2)20(3)30(35)36-28)25-12-13-26-22(8-6-14-31(25,26)5)10-11-23-17-27(33)24(9-7-15-32)29(34)21(23)4/h10-11,18-19,24-29,32-34H,3-4,6-9,12-17H2,1-2,5H3/t18-,19-,24+,25-,26+,27-,28-,29-,31-/m1/s1. The second kappa shape index (κ2) is 11.0.